The highest BCUT2D eigenvalue weighted by molar-refractivity contribution is 7.26. The van der Waals surface area contributed by atoms with Crippen molar-refractivity contribution in [3.63, 3.8) is 0 Å². The van der Waals surface area contributed by atoms with Crippen molar-refractivity contribution < 1.29 is 0 Å². The molecule has 7 aromatic carbocycles. The number of thiophene rings is 1. The van der Waals surface area contributed by atoms with Gasteiger partial charge < -0.3 is 4.57 Å². The minimum atomic E-state index is 0.645. The molecule has 0 radical (unpaired) electrons. The van der Waals surface area contributed by atoms with E-state index < -0.39 is 0 Å². The van der Waals surface area contributed by atoms with Crippen molar-refractivity contribution in [2.75, 3.05) is 0 Å². The molecule has 10 rings (SSSR count). The number of para-hydroxylation sites is 1. The van der Waals surface area contributed by atoms with Gasteiger partial charge in [0.05, 0.1) is 11.0 Å². The van der Waals surface area contributed by atoms with Crippen LogP contribution in [0.2, 0.25) is 0 Å². The molecule has 0 fully saturated rings. The summed E-state index contributed by atoms with van der Waals surface area (Å²) in [4.78, 5) is 15.1. The number of rotatable bonds is 8. The molecule has 0 spiro atoms. The Hall–Kier alpha value is -6.43. The van der Waals surface area contributed by atoms with E-state index in [9.17, 15) is 0 Å². The van der Waals surface area contributed by atoms with Gasteiger partial charge >= 0.3 is 0 Å². The quantitative estimate of drug-likeness (QED) is 0.158. The number of aromatic nitrogens is 4. The van der Waals surface area contributed by atoms with Crippen molar-refractivity contribution >= 4 is 53.3 Å². The summed E-state index contributed by atoms with van der Waals surface area (Å²) in [6.07, 6.45) is 3.55. The predicted octanol–water partition coefficient (Wildman–Crippen LogP) is 13.3. The SMILES string of the molecule is CCCCc1ccc(-c2ccc(-c3nc(-c4ccccc4)nc(-c4ccc(-n5c6ccccc6c6c7sc8ccccc8c7ccc65)cc4)n3)cc2)cc1. The monoisotopic (exact) mass is 712 g/mol. The molecule has 10 aromatic rings. The molecule has 3 heterocycles. The van der Waals surface area contributed by atoms with Crippen LogP contribution in [0.5, 0.6) is 0 Å². The Morgan fingerprint density at radius 1 is 0.463 bits per heavy atom. The number of fused-ring (bicyclic) bond motifs is 7. The van der Waals surface area contributed by atoms with Crippen LogP contribution in [0.25, 0.3) is 93.0 Å². The van der Waals surface area contributed by atoms with Crippen LogP contribution in [-0.4, -0.2) is 19.5 Å². The average molecular weight is 713 g/mol. The highest BCUT2D eigenvalue weighted by Gasteiger charge is 2.18. The Morgan fingerprint density at radius 3 is 1.70 bits per heavy atom. The molecule has 0 atom stereocenters. The summed E-state index contributed by atoms with van der Waals surface area (Å²) in [5.41, 5.74) is 10.1. The summed E-state index contributed by atoms with van der Waals surface area (Å²) < 4.78 is 5.03. The van der Waals surface area contributed by atoms with Gasteiger partial charge in [-0.05, 0) is 72.0 Å². The first-order chi connectivity index (χ1) is 26.7. The van der Waals surface area contributed by atoms with Gasteiger partial charge in [0.25, 0.3) is 0 Å². The number of hydrogen-bond donors (Lipinski definition) is 0. The van der Waals surface area contributed by atoms with Crippen molar-refractivity contribution in [3.8, 4) is 51.0 Å². The molecular weight excluding hydrogens is 677 g/mol. The molecule has 3 aromatic heterocycles. The van der Waals surface area contributed by atoms with E-state index in [1.165, 1.54) is 71.5 Å². The third kappa shape index (κ3) is 5.65. The van der Waals surface area contributed by atoms with Crippen LogP contribution < -0.4 is 0 Å². The van der Waals surface area contributed by atoms with Crippen LogP contribution >= 0.6 is 11.3 Å². The molecule has 258 valence electrons. The molecule has 0 aliphatic heterocycles. The van der Waals surface area contributed by atoms with Gasteiger partial charge in [-0.3, -0.25) is 0 Å². The first kappa shape index (κ1) is 32.2. The van der Waals surface area contributed by atoms with Gasteiger partial charge in [0.2, 0.25) is 0 Å². The second-order valence-electron chi connectivity index (χ2n) is 13.9. The van der Waals surface area contributed by atoms with Crippen LogP contribution in [0, 0.1) is 0 Å². The Labute approximate surface area is 318 Å². The van der Waals surface area contributed by atoms with E-state index in [2.05, 4.69) is 157 Å². The van der Waals surface area contributed by atoms with E-state index in [4.69, 9.17) is 15.0 Å². The van der Waals surface area contributed by atoms with Gasteiger partial charge in [-0.15, -0.1) is 11.3 Å². The maximum Gasteiger partial charge on any atom is 0.164 e. The van der Waals surface area contributed by atoms with Crippen molar-refractivity contribution in [1.82, 2.24) is 19.5 Å². The minimum absolute atomic E-state index is 0.645. The Morgan fingerprint density at radius 2 is 1.02 bits per heavy atom. The van der Waals surface area contributed by atoms with Crippen LogP contribution in [0.1, 0.15) is 25.3 Å². The fourth-order valence-corrected chi connectivity index (χ4v) is 8.94. The lowest BCUT2D eigenvalue weighted by atomic mass is 10.0. The maximum atomic E-state index is 5.06. The summed E-state index contributed by atoms with van der Waals surface area (Å²) in [6.45, 7) is 2.24. The average Bonchev–Trinajstić information content (AvgIpc) is 3.79. The van der Waals surface area contributed by atoms with Crippen molar-refractivity contribution in [2.24, 2.45) is 0 Å². The molecule has 0 saturated carbocycles. The molecule has 4 nitrogen and oxygen atoms in total. The number of unbranched alkanes of at least 4 members (excludes halogenated alkanes) is 1. The van der Waals surface area contributed by atoms with E-state index in [0.717, 1.165) is 28.8 Å². The molecule has 0 aliphatic carbocycles. The second kappa shape index (κ2) is 13.5. The Kier molecular flexibility index (Phi) is 8.07. The van der Waals surface area contributed by atoms with E-state index in [0.29, 0.717) is 17.5 Å². The van der Waals surface area contributed by atoms with Crippen LogP contribution in [0.15, 0.2) is 164 Å². The van der Waals surface area contributed by atoms with Crippen molar-refractivity contribution in [2.45, 2.75) is 26.2 Å². The van der Waals surface area contributed by atoms with Crippen LogP contribution in [0.3, 0.4) is 0 Å². The zero-order valence-electron chi connectivity index (χ0n) is 29.9. The molecule has 54 heavy (non-hydrogen) atoms. The maximum absolute atomic E-state index is 5.06. The topological polar surface area (TPSA) is 43.6 Å². The van der Waals surface area contributed by atoms with Gasteiger partial charge in [0.1, 0.15) is 0 Å². The molecule has 0 aliphatic rings. The number of aryl methyl sites for hydroxylation is 1. The van der Waals surface area contributed by atoms with Crippen LogP contribution in [-0.2, 0) is 6.42 Å². The third-order valence-electron chi connectivity index (χ3n) is 10.5. The lowest BCUT2D eigenvalue weighted by Crippen LogP contribution is -2.00. The first-order valence-electron chi connectivity index (χ1n) is 18.7. The molecule has 0 N–H and O–H groups in total. The Bertz CT molecular complexity index is 2940. The molecule has 0 saturated heterocycles. The van der Waals surface area contributed by atoms with E-state index in [1.807, 2.05) is 29.5 Å². The summed E-state index contributed by atoms with van der Waals surface area (Å²) in [7, 11) is 0. The van der Waals surface area contributed by atoms with E-state index in [1.54, 1.807) is 0 Å². The van der Waals surface area contributed by atoms with Crippen molar-refractivity contribution in [1.29, 1.82) is 0 Å². The second-order valence-corrected chi connectivity index (χ2v) is 14.9. The molecular formula is C49H36N4S. The lowest BCUT2D eigenvalue weighted by Gasteiger charge is -2.11. The lowest BCUT2D eigenvalue weighted by molar-refractivity contribution is 0.795. The summed E-state index contributed by atoms with van der Waals surface area (Å²) in [5.74, 6) is 1.95. The fourth-order valence-electron chi connectivity index (χ4n) is 7.68. The van der Waals surface area contributed by atoms with Crippen LogP contribution in [0.4, 0.5) is 0 Å². The predicted molar refractivity (Wildman–Crippen MR) is 227 cm³/mol. The van der Waals surface area contributed by atoms with Gasteiger partial charge in [-0.2, -0.15) is 0 Å². The van der Waals surface area contributed by atoms with Gasteiger partial charge in [0.15, 0.2) is 17.5 Å². The number of benzene rings is 7. The van der Waals surface area contributed by atoms with Crippen molar-refractivity contribution in [3.05, 3.63) is 169 Å². The highest BCUT2D eigenvalue weighted by Crippen LogP contribution is 2.43. The molecule has 0 bridgehead atoms. The van der Waals surface area contributed by atoms with E-state index >= 15 is 0 Å². The molecule has 0 unspecified atom stereocenters. The minimum Gasteiger partial charge on any atom is -0.309 e. The Balaban J connectivity index is 1.04. The number of nitrogens with zero attached hydrogens (tertiary/aromatic N) is 4. The van der Waals surface area contributed by atoms with Gasteiger partial charge in [0, 0.05) is 53.3 Å². The van der Waals surface area contributed by atoms with Gasteiger partial charge in [-0.25, -0.2) is 15.0 Å². The van der Waals surface area contributed by atoms with Gasteiger partial charge in [-0.1, -0.05) is 135 Å². The summed E-state index contributed by atoms with van der Waals surface area (Å²) in [6, 6.07) is 58.3. The first-order valence-corrected chi connectivity index (χ1v) is 19.5. The fraction of sp³-hybridized carbons (Fsp3) is 0.0816. The highest BCUT2D eigenvalue weighted by atomic mass is 32.1. The normalized spacial score (nSPS) is 11.6. The summed E-state index contributed by atoms with van der Waals surface area (Å²) in [5, 5.41) is 5.19. The molecule has 5 heteroatoms. The molecule has 0 amide bonds. The van der Waals surface area contributed by atoms with E-state index in [-0.39, 0.29) is 0 Å². The summed E-state index contributed by atoms with van der Waals surface area (Å²) >= 11 is 1.88. The zero-order chi connectivity index (χ0) is 36.0. The smallest absolute Gasteiger partial charge is 0.164 e. The standard InChI is InChI=1S/C49H36N4S/c1-2-3-11-32-18-20-33(21-19-32)34-22-24-36(25-23-34)48-50-47(35-12-5-4-6-13-35)51-49(52-48)37-26-28-38(29-27-37)53-42-16-9-7-15-41(42)45-43(53)31-30-40-39-14-8-10-17-44(39)54-46(40)45/h4-10,12-31H,2-3,11H2,1H3. The zero-order valence-corrected chi connectivity index (χ0v) is 30.7. The third-order valence-corrected chi connectivity index (χ3v) is 11.7. The largest absolute Gasteiger partial charge is 0.309 e. The number of hydrogen-bond acceptors (Lipinski definition) is 4.